The monoisotopic (exact) mass is 317 g/mol. The number of carbonyl (C=O) groups excluding carboxylic acids is 3. The fourth-order valence-corrected chi connectivity index (χ4v) is 3.25. The van der Waals surface area contributed by atoms with Crippen molar-refractivity contribution in [1.82, 2.24) is 5.32 Å². The number of rotatable bonds is 3. The van der Waals surface area contributed by atoms with Gasteiger partial charge < -0.3 is 4.74 Å². The second kappa shape index (κ2) is 6.36. The summed E-state index contributed by atoms with van der Waals surface area (Å²) in [6.07, 6.45) is 5.62. The van der Waals surface area contributed by atoms with E-state index in [1.807, 2.05) is 0 Å². The molecule has 1 saturated carbocycles. The second-order valence-corrected chi connectivity index (χ2v) is 6.34. The van der Waals surface area contributed by atoms with E-state index < -0.39 is 0 Å². The minimum Gasteiger partial charge on any atom is -0.426 e. The maximum atomic E-state index is 11.9. The van der Waals surface area contributed by atoms with Gasteiger partial charge in [-0.15, -0.1) is 0 Å². The lowest BCUT2D eigenvalue weighted by molar-refractivity contribution is -0.138. The molecule has 2 amide bonds. The first-order chi connectivity index (χ1) is 10.6. The summed E-state index contributed by atoms with van der Waals surface area (Å²) in [6.45, 7) is 0. The van der Waals surface area contributed by atoms with Gasteiger partial charge >= 0.3 is 5.97 Å². The lowest BCUT2D eigenvalue weighted by Gasteiger charge is -2.09. The Kier molecular flexibility index (Phi) is 4.29. The van der Waals surface area contributed by atoms with Gasteiger partial charge in [-0.1, -0.05) is 25.0 Å². The van der Waals surface area contributed by atoms with Gasteiger partial charge in [-0.3, -0.25) is 19.7 Å². The van der Waals surface area contributed by atoms with Gasteiger partial charge in [0.1, 0.15) is 5.75 Å². The van der Waals surface area contributed by atoms with E-state index in [2.05, 4.69) is 5.32 Å². The summed E-state index contributed by atoms with van der Waals surface area (Å²) in [5.41, 5.74) is 0.771. The molecule has 2 fully saturated rings. The van der Waals surface area contributed by atoms with Crippen molar-refractivity contribution in [2.45, 2.75) is 25.7 Å². The van der Waals surface area contributed by atoms with Crippen molar-refractivity contribution in [3.8, 4) is 5.75 Å². The number of hydrogen-bond donors (Lipinski definition) is 1. The molecule has 114 valence electrons. The molecule has 1 saturated heterocycles. The zero-order valence-electron chi connectivity index (χ0n) is 11.8. The van der Waals surface area contributed by atoms with Gasteiger partial charge in [0.15, 0.2) is 0 Å². The normalized spacial score (nSPS) is 20.5. The van der Waals surface area contributed by atoms with Crippen LogP contribution in [0.4, 0.5) is 4.79 Å². The number of esters is 1. The molecule has 0 atom stereocenters. The topological polar surface area (TPSA) is 72.5 Å². The molecule has 0 bridgehead atoms. The van der Waals surface area contributed by atoms with Crippen molar-refractivity contribution in [2.75, 3.05) is 0 Å². The third kappa shape index (κ3) is 3.39. The number of hydrogen-bond acceptors (Lipinski definition) is 5. The number of thioether (sulfide) groups is 1. The molecule has 22 heavy (non-hydrogen) atoms. The van der Waals surface area contributed by atoms with Crippen LogP contribution in [0.25, 0.3) is 6.08 Å². The number of benzene rings is 1. The molecule has 5 nitrogen and oxygen atoms in total. The van der Waals surface area contributed by atoms with Crippen molar-refractivity contribution in [3.63, 3.8) is 0 Å². The molecule has 6 heteroatoms. The molecule has 2 aliphatic rings. The first-order valence-corrected chi connectivity index (χ1v) is 8.00. The fraction of sp³-hybridized carbons (Fsp3) is 0.312. The standard InChI is InChI=1S/C16H15NO4S/c18-14-13(22-16(20)17-14)9-10-5-7-12(8-6-10)21-15(19)11-3-1-2-4-11/h5-9,11H,1-4H2,(H,17,18,20)/b13-9-. The minimum atomic E-state index is -0.383. The van der Waals surface area contributed by atoms with Crippen molar-refractivity contribution in [2.24, 2.45) is 5.92 Å². The van der Waals surface area contributed by atoms with Crippen LogP contribution in [0.3, 0.4) is 0 Å². The van der Waals surface area contributed by atoms with Crippen LogP contribution in [-0.2, 0) is 9.59 Å². The number of nitrogens with one attached hydrogen (secondary N) is 1. The van der Waals surface area contributed by atoms with Crippen LogP contribution in [-0.4, -0.2) is 17.1 Å². The highest BCUT2D eigenvalue weighted by Crippen LogP contribution is 2.28. The summed E-state index contributed by atoms with van der Waals surface area (Å²) in [7, 11) is 0. The van der Waals surface area contributed by atoms with Gasteiger partial charge in [-0.25, -0.2) is 0 Å². The Balaban J connectivity index is 1.65. The largest absolute Gasteiger partial charge is 0.426 e. The van der Waals surface area contributed by atoms with E-state index in [1.54, 1.807) is 30.3 Å². The van der Waals surface area contributed by atoms with E-state index in [9.17, 15) is 14.4 Å². The van der Waals surface area contributed by atoms with Gasteiger partial charge in [0.25, 0.3) is 11.1 Å². The van der Waals surface area contributed by atoms with Gasteiger partial charge in [0.05, 0.1) is 10.8 Å². The SMILES string of the molecule is O=C1NC(=O)/C(=C/c2ccc(OC(=O)C3CCCC3)cc2)S1. The van der Waals surface area contributed by atoms with Crippen molar-refractivity contribution < 1.29 is 19.1 Å². The van der Waals surface area contributed by atoms with Crippen LogP contribution in [0.1, 0.15) is 31.2 Å². The molecule has 1 aliphatic carbocycles. The van der Waals surface area contributed by atoms with Crippen molar-refractivity contribution >= 4 is 35.0 Å². The van der Waals surface area contributed by atoms with Gasteiger partial charge in [0, 0.05) is 0 Å². The van der Waals surface area contributed by atoms with Crippen LogP contribution in [0, 0.1) is 5.92 Å². The summed E-state index contributed by atoms with van der Waals surface area (Å²) in [4.78, 5) is 34.8. The Hall–Kier alpha value is -2.08. The molecule has 0 aromatic heterocycles. The summed E-state index contributed by atoms with van der Waals surface area (Å²) in [6, 6.07) is 6.89. The molecule has 1 heterocycles. The first kappa shape index (κ1) is 14.8. The molecule has 3 rings (SSSR count). The average Bonchev–Trinajstić information content (AvgIpc) is 3.12. The van der Waals surface area contributed by atoms with Crippen molar-refractivity contribution in [3.05, 3.63) is 34.7 Å². The van der Waals surface area contributed by atoms with E-state index in [-0.39, 0.29) is 23.0 Å². The first-order valence-electron chi connectivity index (χ1n) is 7.18. The van der Waals surface area contributed by atoms with E-state index >= 15 is 0 Å². The van der Waals surface area contributed by atoms with Crippen LogP contribution in [0.2, 0.25) is 0 Å². The Bertz CT molecular complexity index is 645. The Morgan fingerprint density at radius 2 is 1.86 bits per heavy atom. The zero-order valence-corrected chi connectivity index (χ0v) is 12.7. The van der Waals surface area contributed by atoms with E-state index in [0.29, 0.717) is 10.7 Å². The fourth-order valence-electron chi connectivity index (χ4n) is 2.57. The van der Waals surface area contributed by atoms with Gasteiger partial charge in [-0.2, -0.15) is 0 Å². The van der Waals surface area contributed by atoms with Gasteiger partial charge in [-0.05, 0) is 48.4 Å². The highest BCUT2D eigenvalue weighted by atomic mass is 32.2. The lowest BCUT2D eigenvalue weighted by Crippen LogP contribution is -2.17. The predicted octanol–water partition coefficient (Wildman–Crippen LogP) is 3.11. The lowest BCUT2D eigenvalue weighted by atomic mass is 10.1. The van der Waals surface area contributed by atoms with Gasteiger partial charge in [0.2, 0.25) is 0 Å². The highest BCUT2D eigenvalue weighted by molar-refractivity contribution is 8.18. The van der Waals surface area contributed by atoms with E-state index in [1.165, 1.54) is 0 Å². The molecule has 1 aromatic carbocycles. The van der Waals surface area contributed by atoms with E-state index in [4.69, 9.17) is 4.74 Å². The summed E-state index contributed by atoms with van der Waals surface area (Å²) >= 11 is 0.876. The average molecular weight is 317 g/mol. The number of carbonyl (C=O) groups is 3. The van der Waals surface area contributed by atoms with Crippen LogP contribution in [0.5, 0.6) is 5.75 Å². The third-order valence-corrected chi connectivity index (χ3v) is 4.54. The molecular formula is C16H15NO4S. The molecule has 0 spiro atoms. The summed E-state index contributed by atoms with van der Waals surface area (Å²) < 4.78 is 5.36. The van der Waals surface area contributed by atoms with Crippen LogP contribution in [0.15, 0.2) is 29.2 Å². The molecule has 0 unspecified atom stereocenters. The Labute approximate surface area is 132 Å². The zero-order chi connectivity index (χ0) is 15.5. The quantitative estimate of drug-likeness (QED) is 0.527. The van der Waals surface area contributed by atoms with E-state index in [0.717, 1.165) is 43.0 Å². The van der Waals surface area contributed by atoms with Crippen LogP contribution < -0.4 is 10.1 Å². The Morgan fingerprint density at radius 1 is 1.18 bits per heavy atom. The molecular weight excluding hydrogens is 302 g/mol. The smallest absolute Gasteiger partial charge is 0.314 e. The number of amides is 2. The predicted molar refractivity (Wildman–Crippen MR) is 83.1 cm³/mol. The second-order valence-electron chi connectivity index (χ2n) is 5.32. The molecule has 1 N–H and O–H groups in total. The number of imide groups is 1. The Morgan fingerprint density at radius 3 is 2.45 bits per heavy atom. The highest BCUT2D eigenvalue weighted by Gasteiger charge is 2.25. The van der Waals surface area contributed by atoms with Crippen LogP contribution >= 0.6 is 11.8 Å². The summed E-state index contributed by atoms with van der Waals surface area (Å²) in [5.74, 6) is -0.0308. The number of ether oxygens (including phenoxy) is 1. The maximum absolute atomic E-state index is 11.9. The van der Waals surface area contributed by atoms with Crippen molar-refractivity contribution in [1.29, 1.82) is 0 Å². The minimum absolute atomic E-state index is 0.0198. The molecule has 0 radical (unpaired) electrons. The summed E-state index contributed by atoms with van der Waals surface area (Å²) in [5, 5.41) is 1.84. The maximum Gasteiger partial charge on any atom is 0.314 e. The molecule has 1 aliphatic heterocycles. The molecule has 1 aromatic rings. The third-order valence-electron chi connectivity index (χ3n) is 3.73.